The Kier molecular flexibility index (Phi) is 10.4. The van der Waals surface area contributed by atoms with Crippen molar-refractivity contribution < 1.29 is 52.8 Å². The molecular weight excluding hydrogens is 121 g/mol. The van der Waals surface area contributed by atoms with Crippen LogP contribution in [-0.4, -0.2) is 6.67 Å². The summed E-state index contributed by atoms with van der Waals surface area (Å²) in [6, 6.07) is 0. The van der Waals surface area contributed by atoms with Crippen LogP contribution in [0, 0.1) is 0 Å². The smallest absolute Gasteiger partial charge is 1.00 e. The predicted octanol–water partition coefficient (Wildman–Crippen LogP) is -1.94. The number of hydrogen-bond donors (Lipinski definition) is 1. The second-order valence-electron chi connectivity index (χ2n) is 0.603. The zero-order valence-corrected chi connectivity index (χ0v) is 7.33. The van der Waals surface area contributed by atoms with E-state index in [0.29, 0.717) is 6.67 Å². The molecule has 0 fully saturated rings. The van der Waals surface area contributed by atoms with Gasteiger partial charge in [0.2, 0.25) is 0 Å². The predicted molar refractivity (Wildman–Crippen MR) is 20.7 cm³/mol. The molecule has 0 atom stereocenters. The van der Waals surface area contributed by atoms with E-state index in [1.165, 1.54) is 0 Å². The molecule has 0 unspecified atom stereocenters. The summed E-state index contributed by atoms with van der Waals surface area (Å²) in [7, 11) is 0. The Labute approximate surface area is 85.1 Å². The fourth-order valence-electron chi connectivity index (χ4n) is 0.141. The van der Waals surface area contributed by atoms with Crippen molar-refractivity contribution in [1.29, 1.82) is 0 Å². The van der Waals surface area contributed by atoms with Gasteiger partial charge in [-0.25, -0.2) is 0 Å². The molecule has 0 bridgehead atoms. The Morgan fingerprint density at radius 1 is 1.14 bits per heavy atom. The third-order valence-electron chi connectivity index (χ3n) is 0.293. The van der Waals surface area contributed by atoms with E-state index in [4.69, 9.17) is 0 Å². The first kappa shape index (κ1) is 10.7. The molecule has 0 saturated carbocycles. The molecule has 1 aliphatic rings. The van der Waals surface area contributed by atoms with Crippen molar-refractivity contribution in [2.45, 2.75) is 0 Å². The topological polar surface area (TPSA) is 84.4 Å². The monoisotopic (exact) mass is 127 g/mol. The Bertz CT molecular complexity index is 70.5. The molecule has 0 aromatic rings. The third-order valence-corrected chi connectivity index (χ3v) is 0.293. The molecule has 5 nitrogen and oxygen atoms in total. The van der Waals surface area contributed by atoms with E-state index in [1.54, 1.807) is 0 Å². The first-order valence-corrected chi connectivity index (χ1v) is 1.23. The Hall–Kier alpha value is 0.796. The SMILES string of the molecule is C1N=NN=N1.N.[H-].[K+]. The van der Waals surface area contributed by atoms with Gasteiger partial charge in [0.05, 0.1) is 0 Å². The van der Waals surface area contributed by atoms with E-state index in [1.807, 2.05) is 0 Å². The maximum Gasteiger partial charge on any atom is 1.00 e. The Morgan fingerprint density at radius 3 is 1.71 bits per heavy atom. The fourth-order valence-corrected chi connectivity index (χ4v) is 0.141. The van der Waals surface area contributed by atoms with Gasteiger partial charge in [0.25, 0.3) is 0 Å². The van der Waals surface area contributed by atoms with E-state index in [2.05, 4.69) is 20.7 Å². The first-order chi connectivity index (χ1) is 2.50. The second-order valence-corrected chi connectivity index (χ2v) is 0.603. The van der Waals surface area contributed by atoms with E-state index in [0.717, 1.165) is 0 Å². The average molecular weight is 127 g/mol. The van der Waals surface area contributed by atoms with Gasteiger partial charge in [0.15, 0.2) is 6.67 Å². The molecule has 0 amide bonds. The van der Waals surface area contributed by atoms with Crippen LogP contribution in [-0.2, 0) is 0 Å². The Morgan fingerprint density at radius 2 is 1.57 bits per heavy atom. The summed E-state index contributed by atoms with van der Waals surface area (Å²) in [5, 5.41) is 13.1. The van der Waals surface area contributed by atoms with Gasteiger partial charge >= 0.3 is 51.4 Å². The van der Waals surface area contributed by atoms with Crippen molar-refractivity contribution >= 4 is 0 Å². The standard InChI is InChI=1S/CH2N4.K.H3N.H/c1-2-4-5-3-1;;;/h1H2;;1H3;/q;+1;;-1. The molecule has 0 aromatic heterocycles. The molecule has 6 heteroatoms. The Balaban J connectivity index is -0.0000000833. The molecule has 3 N–H and O–H groups in total. The summed E-state index contributed by atoms with van der Waals surface area (Å²) in [4.78, 5) is 0. The number of rotatable bonds is 0. The van der Waals surface area contributed by atoms with E-state index in [-0.39, 0.29) is 59.0 Å². The van der Waals surface area contributed by atoms with Gasteiger partial charge < -0.3 is 7.58 Å². The minimum atomic E-state index is 0. The summed E-state index contributed by atoms with van der Waals surface area (Å²) in [6.07, 6.45) is 0. The van der Waals surface area contributed by atoms with E-state index < -0.39 is 0 Å². The van der Waals surface area contributed by atoms with Crippen LogP contribution in [0.4, 0.5) is 0 Å². The van der Waals surface area contributed by atoms with Crippen molar-refractivity contribution in [2.24, 2.45) is 20.7 Å². The summed E-state index contributed by atoms with van der Waals surface area (Å²) in [5.74, 6) is 0. The molecule has 36 valence electrons. The van der Waals surface area contributed by atoms with Crippen LogP contribution in [0.1, 0.15) is 1.43 Å². The van der Waals surface area contributed by atoms with Gasteiger partial charge in [0.1, 0.15) is 0 Å². The summed E-state index contributed by atoms with van der Waals surface area (Å²) in [5.41, 5.74) is 0. The zero-order chi connectivity index (χ0) is 3.54. The van der Waals surface area contributed by atoms with Crippen molar-refractivity contribution in [3.8, 4) is 0 Å². The first-order valence-electron chi connectivity index (χ1n) is 1.23. The van der Waals surface area contributed by atoms with Crippen LogP contribution < -0.4 is 57.5 Å². The number of hydrogen-bond acceptors (Lipinski definition) is 5. The van der Waals surface area contributed by atoms with E-state index >= 15 is 0 Å². The minimum absolute atomic E-state index is 0. The van der Waals surface area contributed by atoms with Crippen molar-refractivity contribution in [1.82, 2.24) is 6.15 Å². The van der Waals surface area contributed by atoms with Crippen LogP contribution >= 0.6 is 0 Å². The zero-order valence-electron chi connectivity index (χ0n) is 5.20. The normalized spacial score (nSPS) is 12.6. The molecule has 0 spiro atoms. The molecule has 0 saturated heterocycles. The van der Waals surface area contributed by atoms with Gasteiger partial charge in [-0.05, 0) is 10.4 Å². The molecule has 0 aromatic carbocycles. The maximum atomic E-state index is 3.38. The van der Waals surface area contributed by atoms with Gasteiger partial charge in [-0.15, -0.1) is 10.2 Å². The summed E-state index contributed by atoms with van der Waals surface area (Å²) < 4.78 is 0. The average Bonchev–Trinajstić information content (AvgIpc) is 1.76. The van der Waals surface area contributed by atoms with Crippen LogP contribution in [0.25, 0.3) is 0 Å². The maximum absolute atomic E-state index is 3.38. The van der Waals surface area contributed by atoms with Crippen molar-refractivity contribution in [2.75, 3.05) is 6.67 Å². The molecule has 1 aliphatic heterocycles. The molecule has 0 radical (unpaired) electrons. The van der Waals surface area contributed by atoms with Crippen LogP contribution in [0.3, 0.4) is 0 Å². The quantitative estimate of drug-likeness (QED) is 0.377. The molecule has 1 rings (SSSR count). The summed E-state index contributed by atoms with van der Waals surface area (Å²) >= 11 is 0. The molecule has 1 heterocycles. The molecule has 0 aliphatic carbocycles. The van der Waals surface area contributed by atoms with Crippen LogP contribution in [0.2, 0.25) is 0 Å². The van der Waals surface area contributed by atoms with Crippen LogP contribution in [0.5, 0.6) is 0 Å². The van der Waals surface area contributed by atoms with Gasteiger partial charge in [-0.2, -0.15) is 0 Å². The second kappa shape index (κ2) is 6.80. The van der Waals surface area contributed by atoms with Crippen molar-refractivity contribution in [3.05, 3.63) is 0 Å². The van der Waals surface area contributed by atoms with Crippen LogP contribution in [0.15, 0.2) is 20.7 Å². The number of nitrogens with zero attached hydrogens (tertiary/aromatic N) is 4. The third kappa shape index (κ3) is 4.65. The van der Waals surface area contributed by atoms with Crippen molar-refractivity contribution in [3.63, 3.8) is 0 Å². The van der Waals surface area contributed by atoms with E-state index in [9.17, 15) is 0 Å². The van der Waals surface area contributed by atoms with Gasteiger partial charge in [-0.3, -0.25) is 0 Å². The fraction of sp³-hybridized carbons (Fsp3) is 1.00. The molecule has 7 heavy (non-hydrogen) atoms. The summed E-state index contributed by atoms with van der Waals surface area (Å²) in [6.45, 7) is 0.417. The minimum Gasteiger partial charge on any atom is -1.00 e. The van der Waals surface area contributed by atoms with Gasteiger partial charge in [0, 0.05) is 0 Å². The molecular formula is CH6KN5. The van der Waals surface area contributed by atoms with Gasteiger partial charge in [-0.1, -0.05) is 0 Å². The largest absolute Gasteiger partial charge is 1.00 e.